The molecule has 12 unspecified atom stereocenters. The van der Waals surface area contributed by atoms with E-state index in [1.54, 1.807) is 25.7 Å². The van der Waals surface area contributed by atoms with Crippen molar-refractivity contribution >= 4 is 5.97 Å². The number of aliphatic hydroxyl groups is 1. The topological polar surface area (TPSA) is 55.8 Å². The average molecular weight is 649 g/mol. The molecule has 0 spiro atoms. The minimum Gasteiger partial charge on any atom is -0.463 e. The average Bonchev–Trinajstić information content (AvgIpc) is 3.08. The molecule has 4 nitrogen and oxygen atoms in total. The third-order valence-corrected chi connectivity index (χ3v) is 15.0. The molecule has 0 bridgehead atoms. The van der Waals surface area contributed by atoms with Gasteiger partial charge in [-0.1, -0.05) is 94.9 Å². The van der Waals surface area contributed by atoms with Gasteiger partial charge in [0.2, 0.25) is 0 Å². The zero-order valence-corrected chi connectivity index (χ0v) is 29.7. The van der Waals surface area contributed by atoms with E-state index in [1.165, 1.54) is 114 Å². The first-order valence-corrected chi connectivity index (χ1v) is 20.9. The summed E-state index contributed by atoms with van der Waals surface area (Å²) in [5.74, 6) is 12.3. The van der Waals surface area contributed by atoms with E-state index in [1.807, 2.05) is 0 Å². The first-order valence-electron chi connectivity index (χ1n) is 20.9. The van der Waals surface area contributed by atoms with Gasteiger partial charge in [0.05, 0.1) is 6.61 Å². The highest BCUT2D eigenvalue weighted by molar-refractivity contribution is 5.69. The summed E-state index contributed by atoms with van der Waals surface area (Å²) in [6.45, 7) is 0.733. The first-order chi connectivity index (χ1) is 23.2. The van der Waals surface area contributed by atoms with Crippen LogP contribution in [0, 0.1) is 71.0 Å². The van der Waals surface area contributed by atoms with Crippen molar-refractivity contribution in [2.24, 2.45) is 71.0 Å². The summed E-state index contributed by atoms with van der Waals surface area (Å²) >= 11 is 0. The van der Waals surface area contributed by atoms with Gasteiger partial charge in [-0.15, -0.1) is 0 Å². The molecule has 264 valence electrons. The van der Waals surface area contributed by atoms with Crippen LogP contribution in [0.4, 0.5) is 0 Å². The molecule has 0 aliphatic heterocycles. The summed E-state index contributed by atoms with van der Waals surface area (Å²) in [7, 11) is 0. The van der Waals surface area contributed by atoms with Gasteiger partial charge in [0.1, 0.15) is 12.7 Å². The number of rotatable bonds is 21. The summed E-state index contributed by atoms with van der Waals surface area (Å²) in [6.07, 6.45) is 38.3. The highest BCUT2D eigenvalue weighted by atomic mass is 16.6. The van der Waals surface area contributed by atoms with Crippen molar-refractivity contribution in [3.8, 4) is 0 Å². The Morgan fingerprint density at radius 3 is 2.15 bits per heavy atom. The van der Waals surface area contributed by atoms with Gasteiger partial charge in [0.25, 0.3) is 0 Å². The Kier molecular flexibility index (Phi) is 12.2. The number of esters is 1. The summed E-state index contributed by atoms with van der Waals surface area (Å²) in [6, 6.07) is 0. The van der Waals surface area contributed by atoms with Crippen LogP contribution in [0.15, 0.2) is 24.3 Å². The Balaban J connectivity index is 0.629. The van der Waals surface area contributed by atoms with E-state index in [4.69, 9.17) is 9.47 Å². The molecule has 13 atom stereocenters. The lowest BCUT2D eigenvalue weighted by Gasteiger charge is -2.74. The molecular formula is C43H68O4. The fourth-order valence-electron chi connectivity index (χ4n) is 12.3. The van der Waals surface area contributed by atoms with E-state index in [9.17, 15) is 9.90 Å². The molecule has 47 heavy (non-hydrogen) atoms. The predicted molar refractivity (Wildman–Crippen MR) is 190 cm³/mol. The van der Waals surface area contributed by atoms with Crippen molar-refractivity contribution in [3.05, 3.63) is 24.3 Å². The molecule has 0 saturated heterocycles. The lowest BCUT2D eigenvalue weighted by atomic mass is 9.30. The number of fused-ring (bicyclic) bond motifs is 11. The molecule has 0 amide bonds. The zero-order chi connectivity index (χ0) is 32.0. The molecule has 0 aromatic rings. The van der Waals surface area contributed by atoms with Gasteiger partial charge in [0.15, 0.2) is 0 Å². The SMILES string of the molecule is O=C(CCCCCCCC1C=CC2C3CCC=CC3C2C1)OC[C@H](CO)OCCCCCCCCC1CCC2C(C1)C1C3CCC3C21. The minimum atomic E-state index is -0.390. The van der Waals surface area contributed by atoms with Crippen LogP contribution in [0.5, 0.6) is 0 Å². The van der Waals surface area contributed by atoms with Crippen molar-refractivity contribution in [2.75, 3.05) is 19.8 Å². The molecule has 5 fully saturated rings. The molecular weight excluding hydrogens is 580 g/mol. The monoisotopic (exact) mass is 649 g/mol. The normalized spacial score (nSPS) is 39.4. The van der Waals surface area contributed by atoms with Gasteiger partial charge in [-0.25, -0.2) is 0 Å². The van der Waals surface area contributed by atoms with Crippen molar-refractivity contribution < 1.29 is 19.4 Å². The molecule has 7 aliphatic rings. The van der Waals surface area contributed by atoms with Crippen LogP contribution in [0.25, 0.3) is 0 Å². The molecule has 7 rings (SSSR count). The van der Waals surface area contributed by atoms with Crippen molar-refractivity contribution in [3.63, 3.8) is 0 Å². The number of hydrogen-bond donors (Lipinski definition) is 1. The van der Waals surface area contributed by atoms with Gasteiger partial charge in [-0.05, 0) is 135 Å². The molecule has 0 radical (unpaired) electrons. The van der Waals surface area contributed by atoms with Crippen LogP contribution >= 0.6 is 0 Å². The Morgan fingerprint density at radius 1 is 0.660 bits per heavy atom. The zero-order valence-electron chi connectivity index (χ0n) is 29.7. The van der Waals surface area contributed by atoms with Crippen LogP contribution in [0.3, 0.4) is 0 Å². The highest BCUT2D eigenvalue weighted by Gasteiger charge is 2.68. The van der Waals surface area contributed by atoms with E-state index >= 15 is 0 Å². The Bertz CT molecular complexity index is 1040. The summed E-state index contributed by atoms with van der Waals surface area (Å²) in [4.78, 5) is 12.2. The lowest BCUT2D eigenvalue weighted by Crippen LogP contribution is -2.69. The standard InChI is InChI=1S/C43H68O4/c44-28-32(46-25-13-7-2-1-4-8-15-31-20-22-38-40(27-31)43-37-24-23-36(37)42(38)43)29-47-41(45)18-10-6-3-5-9-14-30-19-21-35-33-16-11-12-17-34(33)39(35)26-30/h12,17,19,21,30-40,42-44H,1-11,13-16,18,20,22-29H2/t30?,31?,32-,33?,34?,35?,36?,37?,38?,39?,40?,42?,43?/m0/s1. The van der Waals surface area contributed by atoms with Gasteiger partial charge in [-0.2, -0.15) is 0 Å². The smallest absolute Gasteiger partial charge is 0.305 e. The van der Waals surface area contributed by atoms with E-state index in [-0.39, 0.29) is 25.3 Å². The van der Waals surface area contributed by atoms with Gasteiger partial charge in [0, 0.05) is 13.0 Å². The van der Waals surface area contributed by atoms with E-state index in [0.717, 1.165) is 66.6 Å². The largest absolute Gasteiger partial charge is 0.463 e. The first kappa shape index (κ1) is 34.3. The van der Waals surface area contributed by atoms with E-state index in [0.29, 0.717) is 13.0 Å². The number of unbranched alkanes of at least 4 members (excludes halogenated alkanes) is 9. The maximum atomic E-state index is 12.2. The van der Waals surface area contributed by atoms with Crippen molar-refractivity contribution in [1.82, 2.24) is 0 Å². The maximum absolute atomic E-state index is 12.2. The summed E-state index contributed by atoms with van der Waals surface area (Å²) in [5.41, 5.74) is 0. The van der Waals surface area contributed by atoms with Crippen LogP contribution in [-0.2, 0) is 14.3 Å². The molecule has 5 saturated carbocycles. The van der Waals surface area contributed by atoms with E-state index < -0.39 is 0 Å². The van der Waals surface area contributed by atoms with Crippen LogP contribution < -0.4 is 0 Å². The van der Waals surface area contributed by atoms with Gasteiger partial charge in [-0.3, -0.25) is 4.79 Å². The Labute approximate surface area is 287 Å². The minimum absolute atomic E-state index is 0.0891. The number of allylic oxidation sites excluding steroid dienone is 4. The molecule has 1 N–H and O–H groups in total. The van der Waals surface area contributed by atoms with Crippen molar-refractivity contribution in [1.29, 1.82) is 0 Å². The number of carbonyl (C=O) groups excluding carboxylic acids is 1. The second-order valence-corrected chi connectivity index (χ2v) is 17.5. The quantitative estimate of drug-likeness (QED) is 0.0765. The lowest BCUT2D eigenvalue weighted by molar-refractivity contribution is -0.264. The molecule has 0 aromatic heterocycles. The predicted octanol–water partition coefficient (Wildman–Crippen LogP) is 10.1. The van der Waals surface area contributed by atoms with Crippen LogP contribution in [0.2, 0.25) is 0 Å². The Hall–Kier alpha value is -1.13. The fourth-order valence-corrected chi connectivity index (χ4v) is 12.3. The molecule has 0 heterocycles. The maximum Gasteiger partial charge on any atom is 0.305 e. The van der Waals surface area contributed by atoms with Crippen molar-refractivity contribution in [2.45, 2.75) is 147 Å². The highest BCUT2D eigenvalue weighted by Crippen LogP contribution is 2.74. The third kappa shape index (κ3) is 7.95. The second-order valence-electron chi connectivity index (χ2n) is 17.5. The van der Waals surface area contributed by atoms with Gasteiger partial charge < -0.3 is 14.6 Å². The number of aliphatic hydroxyl groups excluding tert-OH is 1. The fraction of sp³-hybridized carbons (Fsp3) is 0.884. The van der Waals surface area contributed by atoms with Gasteiger partial charge >= 0.3 is 5.97 Å². The number of hydrogen-bond acceptors (Lipinski definition) is 4. The Morgan fingerprint density at radius 2 is 1.34 bits per heavy atom. The second kappa shape index (κ2) is 16.7. The molecule has 4 heteroatoms. The van der Waals surface area contributed by atoms with E-state index in [2.05, 4.69) is 24.3 Å². The third-order valence-electron chi connectivity index (χ3n) is 15.0. The molecule has 0 aromatic carbocycles. The summed E-state index contributed by atoms with van der Waals surface area (Å²) in [5, 5.41) is 9.69. The number of ether oxygens (including phenoxy) is 2. The molecule has 7 aliphatic carbocycles. The van der Waals surface area contributed by atoms with Crippen LogP contribution in [0.1, 0.15) is 141 Å². The summed E-state index contributed by atoms with van der Waals surface area (Å²) < 4.78 is 11.3. The number of carbonyl (C=O) groups is 1. The van der Waals surface area contributed by atoms with Crippen LogP contribution in [-0.4, -0.2) is 37.0 Å².